The van der Waals surface area contributed by atoms with Gasteiger partial charge < -0.3 is 25.5 Å². The Hall–Kier alpha value is -0.980. The summed E-state index contributed by atoms with van der Waals surface area (Å²) >= 11 is 0. The van der Waals surface area contributed by atoms with E-state index >= 15 is 0 Å². The van der Waals surface area contributed by atoms with Crippen molar-refractivity contribution in [2.45, 2.75) is 98.1 Å². The minimum absolute atomic E-state index is 0.0745. The molecule has 9 atom stereocenters. The Morgan fingerprint density at radius 2 is 1.64 bits per heavy atom. The summed E-state index contributed by atoms with van der Waals surface area (Å²) in [5.41, 5.74) is -2.42. The lowest BCUT2D eigenvalue weighted by Gasteiger charge is -2.42. The van der Waals surface area contributed by atoms with E-state index in [1.54, 1.807) is 27.7 Å². The zero-order chi connectivity index (χ0) is 22.0. The van der Waals surface area contributed by atoms with Crippen LogP contribution >= 0.6 is 0 Å². The smallest absolute Gasteiger partial charge is 0.309 e. The monoisotopic (exact) mass is 399 g/mol. The van der Waals surface area contributed by atoms with Crippen LogP contribution in [0.2, 0.25) is 0 Å². The molecule has 0 amide bonds. The van der Waals surface area contributed by atoms with Crippen molar-refractivity contribution in [2.24, 2.45) is 29.6 Å². The van der Waals surface area contributed by atoms with Crippen LogP contribution in [0.25, 0.3) is 0 Å². The van der Waals surface area contributed by atoms with Gasteiger partial charge >= 0.3 is 5.97 Å². The highest BCUT2D eigenvalue weighted by atomic mass is 16.6. The van der Waals surface area contributed by atoms with Crippen LogP contribution in [-0.4, -0.2) is 50.4 Å². The molecule has 0 radical (unpaired) electrons. The molecule has 0 saturated carbocycles. The molecule has 0 aromatic carbocycles. The summed E-state index contributed by atoms with van der Waals surface area (Å²) in [5, 5.41) is 41.5. The van der Waals surface area contributed by atoms with E-state index in [0.717, 1.165) is 0 Å². The summed E-state index contributed by atoms with van der Waals surface area (Å²) < 4.78 is 5.61. The van der Waals surface area contributed by atoms with E-state index in [4.69, 9.17) is 10.1 Å². The Morgan fingerprint density at radius 1 is 1.11 bits per heavy atom. The van der Waals surface area contributed by atoms with Crippen molar-refractivity contribution in [1.29, 1.82) is 5.41 Å². The van der Waals surface area contributed by atoms with Gasteiger partial charge in [-0.25, -0.2) is 0 Å². The van der Waals surface area contributed by atoms with Gasteiger partial charge in [0, 0.05) is 11.6 Å². The molecule has 1 heterocycles. The number of rotatable bonds is 1. The number of aliphatic hydroxyl groups is 3. The van der Waals surface area contributed by atoms with Crippen molar-refractivity contribution >= 4 is 11.7 Å². The van der Waals surface area contributed by atoms with Gasteiger partial charge in [0.2, 0.25) is 0 Å². The first-order valence-electron chi connectivity index (χ1n) is 10.6. The first-order valence-corrected chi connectivity index (χ1v) is 10.6. The molecule has 0 spiro atoms. The summed E-state index contributed by atoms with van der Waals surface area (Å²) in [5.74, 6) is -1.69. The summed E-state index contributed by atoms with van der Waals surface area (Å²) in [6, 6.07) is 0. The molecule has 164 valence electrons. The van der Waals surface area contributed by atoms with Gasteiger partial charge in [-0.15, -0.1) is 0 Å². The normalized spacial score (nSPS) is 47.3. The van der Waals surface area contributed by atoms with E-state index in [1.807, 2.05) is 20.8 Å². The summed E-state index contributed by atoms with van der Waals surface area (Å²) in [6.45, 7) is 14.4. The number of ether oxygens (including phenoxy) is 1. The van der Waals surface area contributed by atoms with Gasteiger partial charge in [0.15, 0.2) is 0 Å². The predicted octanol–water partition coefficient (Wildman–Crippen LogP) is 3.17. The Bertz CT molecular complexity index is 559. The lowest BCUT2D eigenvalue weighted by atomic mass is 9.71. The molecule has 1 fully saturated rings. The van der Waals surface area contributed by atoms with Crippen LogP contribution < -0.4 is 0 Å². The fourth-order valence-corrected chi connectivity index (χ4v) is 4.57. The molecule has 4 N–H and O–H groups in total. The van der Waals surface area contributed by atoms with E-state index < -0.39 is 35.3 Å². The molecule has 0 unspecified atom stereocenters. The molecule has 1 aliphatic heterocycles. The third kappa shape index (κ3) is 5.33. The van der Waals surface area contributed by atoms with Crippen molar-refractivity contribution in [1.82, 2.24) is 0 Å². The number of carbonyl (C=O) groups is 1. The number of esters is 1. The quantitative estimate of drug-likeness (QED) is 0.506. The second-order valence-corrected chi connectivity index (χ2v) is 9.61. The Morgan fingerprint density at radius 3 is 2.14 bits per heavy atom. The first-order chi connectivity index (χ1) is 12.7. The van der Waals surface area contributed by atoms with Gasteiger partial charge in [-0.05, 0) is 50.9 Å². The molecule has 1 rings (SSSR count). The molecule has 28 heavy (non-hydrogen) atoms. The van der Waals surface area contributed by atoms with Gasteiger partial charge in [0.1, 0.15) is 11.7 Å². The lowest BCUT2D eigenvalue weighted by Crippen LogP contribution is -2.56. The third-order valence-corrected chi connectivity index (χ3v) is 7.06. The van der Waals surface area contributed by atoms with Crippen LogP contribution in [0.5, 0.6) is 0 Å². The molecule has 0 aliphatic carbocycles. The maximum absolute atomic E-state index is 12.6. The minimum Gasteiger partial charge on any atom is -0.459 e. The van der Waals surface area contributed by atoms with E-state index in [0.29, 0.717) is 19.3 Å². The van der Waals surface area contributed by atoms with Crippen molar-refractivity contribution < 1.29 is 24.9 Å². The number of hydrogen-bond donors (Lipinski definition) is 4. The van der Waals surface area contributed by atoms with E-state index in [1.165, 1.54) is 6.92 Å². The number of nitrogens with one attached hydrogen (secondary N) is 1. The molecule has 0 aromatic rings. The SMILES string of the molecule is CC[C@H]1OC(=O)[C@H](C)C[C@H](C)[C@@H](C)[C@](C)(O)C[C@@H](C)C(=N)[C@H](C)[C@@H](O)[C@]1(C)O. The first kappa shape index (κ1) is 25.1. The zero-order valence-electron chi connectivity index (χ0n) is 18.8. The maximum atomic E-state index is 12.6. The van der Waals surface area contributed by atoms with Gasteiger partial charge in [-0.1, -0.05) is 41.5 Å². The Balaban J connectivity index is 3.33. The highest BCUT2D eigenvalue weighted by Gasteiger charge is 2.46. The minimum atomic E-state index is -1.68. The lowest BCUT2D eigenvalue weighted by molar-refractivity contribution is -0.186. The van der Waals surface area contributed by atoms with Crippen LogP contribution in [0.1, 0.15) is 74.7 Å². The van der Waals surface area contributed by atoms with Crippen LogP contribution in [0.15, 0.2) is 0 Å². The van der Waals surface area contributed by atoms with Crippen LogP contribution in [0.4, 0.5) is 0 Å². The number of carbonyl (C=O) groups excluding carboxylic acids is 1. The molecule has 0 aromatic heterocycles. The molecule has 1 aliphatic rings. The largest absolute Gasteiger partial charge is 0.459 e. The molecule has 0 bridgehead atoms. The zero-order valence-corrected chi connectivity index (χ0v) is 18.8. The average Bonchev–Trinajstić information content (AvgIpc) is 2.61. The fraction of sp³-hybridized carbons (Fsp3) is 0.909. The maximum Gasteiger partial charge on any atom is 0.309 e. The number of hydrogen-bond acceptors (Lipinski definition) is 6. The van der Waals surface area contributed by atoms with Gasteiger partial charge in [-0.3, -0.25) is 4.79 Å². The fourth-order valence-electron chi connectivity index (χ4n) is 4.57. The average molecular weight is 400 g/mol. The van der Waals surface area contributed by atoms with Gasteiger partial charge in [-0.2, -0.15) is 0 Å². The highest BCUT2D eigenvalue weighted by Crippen LogP contribution is 2.36. The Kier molecular flexibility index (Phi) is 8.26. The standard InChI is InChI=1S/C22H41NO5/c1-9-17-22(8,27)19(24)15(5)18(23)14(4)11-21(7,26)16(6)12(2)10-13(3)20(25)28-17/h12-17,19,23-24,26-27H,9-11H2,1-8H3/t12-,13+,14+,15-,16+,17+,19+,21+,22+/m0/s1. The van der Waals surface area contributed by atoms with E-state index in [2.05, 4.69) is 0 Å². The highest BCUT2D eigenvalue weighted by molar-refractivity contribution is 5.86. The summed E-state index contributed by atoms with van der Waals surface area (Å²) in [7, 11) is 0. The number of aliphatic hydroxyl groups excluding tert-OH is 1. The summed E-state index contributed by atoms with van der Waals surface area (Å²) in [4.78, 5) is 12.6. The van der Waals surface area contributed by atoms with Crippen molar-refractivity contribution in [3.63, 3.8) is 0 Å². The molecular weight excluding hydrogens is 358 g/mol. The van der Waals surface area contributed by atoms with Crippen LogP contribution in [0.3, 0.4) is 0 Å². The van der Waals surface area contributed by atoms with Crippen molar-refractivity contribution in [2.75, 3.05) is 0 Å². The molecule has 1 saturated heterocycles. The van der Waals surface area contributed by atoms with Crippen LogP contribution in [0, 0.1) is 35.0 Å². The second kappa shape index (κ2) is 9.23. The van der Waals surface area contributed by atoms with Gasteiger partial charge in [0.05, 0.1) is 17.6 Å². The molecule has 6 nitrogen and oxygen atoms in total. The molecular formula is C22H41NO5. The molecule has 6 heteroatoms. The van der Waals surface area contributed by atoms with E-state index in [-0.39, 0.29) is 29.4 Å². The van der Waals surface area contributed by atoms with E-state index in [9.17, 15) is 20.1 Å². The van der Waals surface area contributed by atoms with Crippen LogP contribution in [-0.2, 0) is 9.53 Å². The summed E-state index contributed by atoms with van der Waals surface area (Å²) in [6.07, 6.45) is -0.827. The van der Waals surface area contributed by atoms with Crippen molar-refractivity contribution in [3.8, 4) is 0 Å². The van der Waals surface area contributed by atoms with Gasteiger partial charge in [0.25, 0.3) is 0 Å². The Labute approximate surface area is 170 Å². The number of cyclic esters (lactones) is 1. The predicted molar refractivity (Wildman–Crippen MR) is 110 cm³/mol. The topological polar surface area (TPSA) is 111 Å². The second-order valence-electron chi connectivity index (χ2n) is 9.61. The van der Waals surface area contributed by atoms with Crippen molar-refractivity contribution in [3.05, 3.63) is 0 Å². The third-order valence-electron chi connectivity index (χ3n) is 7.06.